The maximum absolute atomic E-state index is 11.5. The minimum atomic E-state index is -1.31. The van der Waals surface area contributed by atoms with E-state index in [1.165, 1.54) is 6.92 Å². The van der Waals surface area contributed by atoms with Gasteiger partial charge in [-0.05, 0) is 25.5 Å². The number of amides is 1. The molecule has 0 heterocycles. The number of benzene rings is 1. The summed E-state index contributed by atoms with van der Waals surface area (Å²) in [6.07, 6.45) is -0.505. The number of hydrogen-bond acceptors (Lipinski definition) is 3. The first kappa shape index (κ1) is 13.0. The molecule has 1 rings (SSSR count). The average molecular weight is 237 g/mol. The second kappa shape index (κ2) is 5.34. The lowest BCUT2D eigenvalue weighted by molar-refractivity contribution is -0.143. The zero-order chi connectivity index (χ0) is 12.9. The number of nitrogens with one attached hydrogen (secondary N) is 1. The Morgan fingerprint density at radius 3 is 2.41 bits per heavy atom. The standard InChI is InChI=1S/C12H15NO4/c1-3-12(2,10(14)15)13-11(16)17-9-7-5-4-6-8-9/h4-8H,3H2,1-2H3,(H,13,16)(H,14,15). The highest BCUT2D eigenvalue weighted by Gasteiger charge is 2.33. The van der Waals surface area contributed by atoms with E-state index in [-0.39, 0.29) is 6.42 Å². The topological polar surface area (TPSA) is 75.6 Å². The Balaban J connectivity index is 2.64. The third-order valence-corrected chi connectivity index (χ3v) is 2.51. The number of para-hydroxylation sites is 1. The number of hydrogen-bond donors (Lipinski definition) is 2. The van der Waals surface area contributed by atoms with Gasteiger partial charge in [0.1, 0.15) is 11.3 Å². The summed E-state index contributed by atoms with van der Waals surface area (Å²) in [4.78, 5) is 22.5. The summed E-state index contributed by atoms with van der Waals surface area (Å²) in [5.41, 5.74) is -1.31. The molecule has 0 aliphatic heterocycles. The van der Waals surface area contributed by atoms with Crippen LogP contribution in [0.25, 0.3) is 0 Å². The van der Waals surface area contributed by atoms with E-state index in [0.717, 1.165) is 0 Å². The van der Waals surface area contributed by atoms with Crippen molar-refractivity contribution in [3.63, 3.8) is 0 Å². The zero-order valence-corrected chi connectivity index (χ0v) is 9.77. The van der Waals surface area contributed by atoms with Crippen LogP contribution in [0.15, 0.2) is 30.3 Å². The molecule has 0 fully saturated rings. The summed E-state index contributed by atoms with van der Waals surface area (Å²) in [6.45, 7) is 3.11. The molecule has 0 aliphatic carbocycles. The minimum Gasteiger partial charge on any atom is -0.480 e. The van der Waals surface area contributed by atoms with E-state index in [2.05, 4.69) is 5.32 Å². The number of carboxylic acid groups (broad SMARTS) is 1. The quantitative estimate of drug-likeness (QED) is 0.840. The Morgan fingerprint density at radius 1 is 1.35 bits per heavy atom. The molecular formula is C12H15NO4. The molecule has 0 bridgehead atoms. The summed E-state index contributed by atoms with van der Waals surface area (Å²) < 4.78 is 4.95. The SMILES string of the molecule is CCC(C)(NC(=O)Oc1ccccc1)C(=O)O. The predicted octanol–water partition coefficient (Wildman–Crippen LogP) is 2.03. The van der Waals surface area contributed by atoms with Gasteiger partial charge < -0.3 is 15.2 Å². The van der Waals surface area contributed by atoms with Crippen LogP contribution in [0.2, 0.25) is 0 Å². The lowest BCUT2D eigenvalue weighted by Crippen LogP contribution is -2.52. The molecule has 5 nitrogen and oxygen atoms in total. The van der Waals surface area contributed by atoms with E-state index in [9.17, 15) is 9.59 Å². The molecule has 1 aromatic rings. The van der Waals surface area contributed by atoms with Gasteiger partial charge in [0, 0.05) is 0 Å². The van der Waals surface area contributed by atoms with E-state index in [1.807, 2.05) is 0 Å². The van der Waals surface area contributed by atoms with Gasteiger partial charge in [-0.3, -0.25) is 0 Å². The fraction of sp³-hybridized carbons (Fsp3) is 0.333. The predicted molar refractivity (Wildman–Crippen MR) is 61.9 cm³/mol. The molecule has 2 N–H and O–H groups in total. The third kappa shape index (κ3) is 3.48. The molecule has 0 saturated carbocycles. The Labute approximate surface area is 99.4 Å². The first-order valence-electron chi connectivity index (χ1n) is 5.26. The van der Waals surface area contributed by atoms with Crippen molar-refractivity contribution in [2.75, 3.05) is 0 Å². The van der Waals surface area contributed by atoms with E-state index in [1.54, 1.807) is 37.3 Å². The van der Waals surface area contributed by atoms with Crippen molar-refractivity contribution >= 4 is 12.1 Å². The molecule has 0 aromatic heterocycles. The number of aliphatic carboxylic acids is 1. The average Bonchev–Trinajstić information content (AvgIpc) is 2.29. The van der Waals surface area contributed by atoms with Crippen molar-refractivity contribution in [2.45, 2.75) is 25.8 Å². The van der Waals surface area contributed by atoms with Gasteiger partial charge in [-0.2, -0.15) is 0 Å². The van der Waals surface area contributed by atoms with Gasteiger partial charge in [-0.25, -0.2) is 9.59 Å². The Kier molecular flexibility index (Phi) is 4.09. The summed E-state index contributed by atoms with van der Waals surface area (Å²) in [5.74, 6) is -0.723. The van der Waals surface area contributed by atoms with Gasteiger partial charge >= 0.3 is 12.1 Å². The summed E-state index contributed by atoms with van der Waals surface area (Å²) in [5, 5.41) is 11.3. The molecular weight excluding hydrogens is 222 g/mol. The van der Waals surface area contributed by atoms with Crippen molar-refractivity contribution in [1.82, 2.24) is 5.32 Å². The minimum absolute atomic E-state index is 0.270. The normalized spacial score (nSPS) is 13.5. The molecule has 0 spiro atoms. The maximum atomic E-state index is 11.5. The Bertz CT molecular complexity index is 404. The van der Waals surface area contributed by atoms with Gasteiger partial charge in [0.25, 0.3) is 0 Å². The lowest BCUT2D eigenvalue weighted by Gasteiger charge is -2.23. The van der Waals surface area contributed by atoms with Crippen LogP contribution in [0.1, 0.15) is 20.3 Å². The zero-order valence-electron chi connectivity index (χ0n) is 9.77. The van der Waals surface area contributed by atoms with Crippen LogP contribution < -0.4 is 10.1 Å². The van der Waals surface area contributed by atoms with Gasteiger partial charge in [-0.15, -0.1) is 0 Å². The molecule has 92 valence electrons. The van der Waals surface area contributed by atoms with Crippen molar-refractivity contribution in [2.24, 2.45) is 0 Å². The van der Waals surface area contributed by atoms with E-state index in [0.29, 0.717) is 5.75 Å². The molecule has 1 amide bonds. The molecule has 1 aromatic carbocycles. The van der Waals surface area contributed by atoms with Crippen LogP contribution in [-0.2, 0) is 4.79 Å². The van der Waals surface area contributed by atoms with E-state index >= 15 is 0 Å². The first-order chi connectivity index (χ1) is 7.98. The number of carboxylic acids is 1. The van der Waals surface area contributed by atoms with Crippen LogP contribution in [0.4, 0.5) is 4.79 Å². The summed E-state index contributed by atoms with van der Waals surface area (Å²) >= 11 is 0. The van der Waals surface area contributed by atoms with Crippen molar-refractivity contribution in [3.8, 4) is 5.75 Å². The van der Waals surface area contributed by atoms with Crippen LogP contribution in [0.5, 0.6) is 5.75 Å². The Hall–Kier alpha value is -2.04. The fourth-order valence-electron chi connectivity index (χ4n) is 1.14. The number of carbonyl (C=O) groups is 2. The van der Waals surface area contributed by atoms with Crippen LogP contribution in [0.3, 0.4) is 0 Å². The van der Waals surface area contributed by atoms with Crippen LogP contribution >= 0.6 is 0 Å². The van der Waals surface area contributed by atoms with Gasteiger partial charge in [-0.1, -0.05) is 25.1 Å². The smallest absolute Gasteiger partial charge is 0.413 e. The van der Waals surface area contributed by atoms with Gasteiger partial charge in [0.15, 0.2) is 0 Å². The van der Waals surface area contributed by atoms with E-state index in [4.69, 9.17) is 9.84 Å². The third-order valence-electron chi connectivity index (χ3n) is 2.51. The number of carbonyl (C=O) groups excluding carboxylic acids is 1. The maximum Gasteiger partial charge on any atom is 0.413 e. The van der Waals surface area contributed by atoms with E-state index < -0.39 is 17.6 Å². The van der Waals surface area contributed by atoms with Gasteiger partial charge in [0.2, 0.25) is 0 Å². The van der Waals surface area contributed by atoms with Gasteiger partial charge in [0.05, 0.1) is 0 Å². The highest BCUT2D eigenvalue weighted by molar-refractivity contribution is 5.84. The molecule has 17 heavy (non-hydrogen) atoms. The molecule has 0 aliphatic rings. The lowest BCUT2D eigenvalue weighted by atomic mass is 10.00. The van der Waals surface area contributed by atoms with Crippen molar-refractivity contribution in [1.29, 1.82) is 0 Å². The molecule has 0 saturated heterocycles. The highest BCUT2D eigenvalue weighted by atomic mass is 16.6. The summed E-state index contributed by atoms with van der Waals surface area (Å²) in [6, 6.07) is 8.46. The molecule has 0 radical (unpaired) electrons. The molecule has 1 atom stereocenters. The largest absolute Gasteiger partial charge is 0.480 e. The van der Waals surface area contributed by atoms with Crippen molar-refractivity contribution < 1.29 is 19.4 Å². The second-order valence-corrected chi connectivity index (χ2v) is 3.82. The van der Waals surface area contributed by atoms with Crippen LogP contribution in [0, 0.1) is 0 Å². The van der Waals surface area contributed by atoms with Crippen molar-refractivity contribution in [3.05, 3.63) is 30.3 Å². The van der Waals surface area contributed by atoms with Crippen LogP contribution in [-0.4, -0.2) is 22.7 Å². The monoisotopic (exact) mass is 237 g/mol. The Morgan fingerprint density at radius 2 is 1.94 bits per heavy atom. The second-order valence-electron chi connectivity index (χ2n) is 3.82. The number of ether oxygens (including phenoxy) is 1. The molecule has 1 unspecified atom stereocenters. The summed E-state index contributed by atoms with van der Waals surface area (Å²) in [7, 11) is 0. The highest BCUT2D eigenvalue weighted by Crippen LogP contribution is 2.12. The first-order valence-corrected chi connectivity index (χ1v) is 5.26. The molecule has 5 heteroatoms. The fourth-order valence-corrected chi connectivity index (χ4v) is 1.14. The number of rotatable bonds is 4.